The number of H-pyrrole nitrogens is 1. The molecular formula is C13H13BrN2O2. The molecule has 0 amide bonds. The summed E-state index contributed by atoms with van der Waals surface area (Å²) in [7, 11) is 1.62. The standard InChI is InChI=1S/C13H13BrN2O2/c1-8-5-10(13(17)16-15-8)6-9-3-4-12(18-2)11(14)7-9/h3-5,7H,6H2,1-2H3,(H,16,17). The monoisotopic (exact) mass is 308 g/mol. The summed E-state index contributed by atoms with van der Waals surface area (Å²) in [6.45, 7) is 1.85. The molecule has 0 radical (unpaired) electrons. The smallest absolute Gasteiger partial charge is 0.267 e. The van der Waals surface area contributed by atoms with Crippen molar-refractivity contribution in [3.8, 4) is 5.75 Å². The van der Waals surface area contributed by atoms with Gasteiger partial charge in [-0.05, 0) is 46.6 Å². The van der Waals surface area contributed by atoms with Crippen molar-refractivity contribution in [2.75, 3.05) is 7.11 Å². The predicted molar refractivity (Wildman–Crippen MR) is 73.1 cm³/mol. The molecule has 0 aliphatic rings. The van der Waals surface area contributed by atoms with E-state index in [1.165, 1.54) is 0 Å². The summed E-state index contributed by atoms with van der Waals surface area (Å²) in [6, 6.07) is 7.57. The van der Waals surface area contributed by atoms with E-state index in [1.54, 1.807) is 13.2 Å². The Morgan fingerprint density at radius 1 is 1.39 bits per heavy atom. The van der Waals surface area contributed by atoms with Crippen LogP contribution >= 0.6 is 15.9 Å². The van der Waals surface area contributed by atoms with Crippen LogP contribution in [0.2, 0.25) is 0 Å². The molecule has 1 N–H and O–H groups in total. The van der Waals surface area contributed by atoms with Gasteiger partial charge in [0.05, 0.1) is 17.3 Å². The van der Waals surface area contributed by atoms with E-state index < -0.39 is 0 Å². The maximum atomic E-state index is 11.6. The van der Waals surface area contributed by atoms with Gasteiger partial charge in [-0.25, -0.2) is 5.10 Å². The Morgan fingerprint density at radius 2 is 2.17 bits per heavy atom. The number of ether oxygens (including phenoxy) is 1. The van der Waals surface area contributed by atoms with E-state index in [9.17, 15) is 4.79 Å². The molecule has 5 heteroatoms. The number of nitrogens with one attached hydrogen (secondary N) is 1. The van der Waals surface area contributed by atoms with Crippen molar-refractivity contribution in [3.05, 3.63) is 55.9 Å². The van der Waals surface area contributed by atoms with Crippen LogP contribution in [0.4, 0.5) is 0 Å². The van der Waals surface area contributed by atoms with Gasteiger partial charge in [0.1, 0.15) is 5.75 Å². The van der Waals surface area contributed by atoms with Crippen molar-refractivity contribution in [2.45, 2.75) is 13.3 Å². The van der Waals surface area contributed by atoms with Gasteiger partial charge in [-0.2, -0.15) is 5.10 Å². The Labute approximate surface area is 113 Å². The zero-order valence-electron chi connectivity index (χ0n) is 10.2. The van der Waals surface area contributed by atoms with E-state index in [0.29, 0.717) is 12.0 Å². The maximum absolute atomic E-state index is 11.6. The number of nitrogens with zero attached hydrogens (tertiary/aromatic N) is 1. The van der Waals surface area contributed by atoms with Crippen molar-refractivity contribution in [2.24, 2.45) is 0 Å². The molecule has 0 atom stereocenters. The summed E-state index contributed by atoms with van der Waals surface area (Å²) < 4.78 is 6.05. The zero-order valence-corrected chi connectivity index (χ0v) is 11.7. The predicted octanol–water partition coefficient (Wildman–Crippen LogP) is 2.44. The third-order valence-electron chi connectivity index (χ3n) is 2.62. The van der Waals surface area contributed by atoms with E-state index in [0.717, 1.165) is 21.5 Å². The Kier molecular flexibility index (Phi) is 3.81. The fourth-order valence-electron chi connectivity index (χ4n) is 1.73. The van der Waals surface area contributed by atoms with Crippen molar-refractivity contribution in [1.29, 1.82) is 0 Å². The third-order valence-corrected chi connectivity index (χ3v) is 3.24. The molecule has 2 rings (SSSR count). The highest BCUT2D eigenvalue weighted by Crippen LogP contribution is 2.26. The number of aryl methyl sites for hydroxylation is 1. The molecule has 1 heterocycles. The third kappa shape index (κ3) is 2.79. The average molecular weight is 309 g/mol. The van der Waals surface area contributed by atoms with Crippen LogP contribution in [0.25, 0.3) is 0 Å². The van der Waals surface area contributed by atoms with Crippen LogP contribution < -0.4 is 10.3 Å². The van der Waals surface area contributed by atoms with Gasteiger partial charge in [-0.15, -0.1) is 0 Å². The Hall–Kier alpha value is -1.62. The highest BCUT2D eigenvalue weighted by molar-refractivity contribution is 9.10. The van der Waals surface area contributed by atoms with Crippen LogP contribution in [-0.2, 0) is 6.42 Å². The van der Waals surface area contributed by atoms with Crippen LogP contribution in [0, 0.1) is 6.92 Å². The lowest BCUT2D eigenvalue weighted by Crippen LogP contribution is -2.15. The van der Waals surface area contributed by atoms with E-state index in [4.69, 9.17) is 4.74 Å². The topological polar surface area (TPSA) is 55.0 Å². The van der Waals surface area contributed by atoms with Gasteiger partial charge in [0.15, 0.2) is 0 Å². The normalized spacial score (nSPS) is 10.4. The second kappa shape index (κ2) is 5.35. The molecule has 18 heavy (non-hydrogen) atoms. The average Bonchev–Trinajstić information content (AvgIpc) is 2.34. The van der Waals surface area contributed by atoms with Crippen LogP contribution in [-0.4, -0.2) is 17.3 Å². The number of benzene rings is 1. The molecule has 2 aromatic rings. The largest absolute Gasteiger partial charge is 0.496 e. The van der Waals surface area contributed by atoms with Gasteiger partial charge in [0.25, 0.3) is 5.56 Å². The highest BCUT2D eigenvalue weighted by Gasteiger charge is 2.05. The van der Waals surface area contributed by atoms with Crippen LogP contribution in [0.1, 0.15) is 16.8 Å². The number of methoxy groups -OCH3 is 1. The first kappa shape index (κ1) is 12.8. The molecule has 94 valence electrons. The Bertz CT molecular complexity index is 623. The summed E-state index contributed by atoms with van der Waals surface area (Å²) in [5.41, 5.74) is 2.41. The maximum Gasteiger partial charge on any atom is 0.267 e. The van der Waals surface area contributed by atoms with Gasteiger partial charge < -0.3 is 4.74 Å². The van der Waals surface area contributed by atoms with Gasteiger partial charge in [0.2, 0.25) is 0 Å². The molecular weight excluding hydrogens is 296 g/mol. The fourth-order valence-corrected chi connectivity index (χ4v) is 2.32. The molecule has 1 aromatic heterocycles. The minimum Gasteiger partial charge on any atom is -0.496 e. The van der Waals surface area contributed by atoms with Gasteiger partial charge in [0, 0.05) is 12.0 Å². The highest BCUT2D eigenvalue weighted by atomic mass is 79.9. The first-order valence-corrected chi connectivity index (χ1v) is 6.27. The van der Waals surface area contributed by atoms with Crippen molar-refractivity contribution < 1.29 is 4.74 Å². The molecule has 0 unspecified atom stereocenters. The van der Waals surface area contributed by atoms with Gasteiger partial charge in [-0.3, -0.25) is 4.79 Å². The molecule has 0 aliphatic heterocycles. The summed E-state index contributed by atoms with van der Waals surface area (Å²) in [5, 5.41) is 6.34. The van der Waals surface area contributed by atoms with Crippen molar-refractivity contribution in [1.82, 2.24) is 10.2 Å². The van der Waals surface area contributed by atoms with E-state index in [-0.39, 0.29) is 5.56 Å². The summed E-state index contributed by atoms with van der Waals surface area (Å²) in [5.74, 6) is 0.776. The van der Waals surface area contributed by atoms with Crippen molar-refractivity contribution >= 4 is 15.9 Å². The quantitative estimate of drug-likeness (QED) is 0.947. The lowest BCUT2D eigenvalue weighted by atomic mass is 10.1. The molecule has 1 aromatic carbocycles. The molecule has 4 nitrogen and oxygen atoms in total. The molecule has 0 spiro atoms. The summed E-state index contributed by atoms with van der Waals surface area (Å²) >= 11 is 3.43. The van der Waals surface area contributed by atoms with Crippen molar-refractivity contribution in [3.63, 3.8) is 0 Å². The summed E-state index contributed by atoms with van der Waals surface area (Å²) in [4.78, 5) is 11.6. The van der Waals surface area contributed by atoms with Gasteiger partial charge in [-0.1, -0.05) is 6.07 Å². The van der Waals surface area contributed by atoms with E-state index >= 15 is 0 Å². The minimum absolute atomic E-state index is 0.146. The number of halogens is 1. The summed E-state index contributed by atoms with van der Waals surface area (Å²) in [6.07, 6.45) is 0.571. The lowest BCUT2D eigenvalue weighted by molar-refractivity contribution is 0.412. The van der Waals surface area contributed by atoms with Gasteiger partial charge >= 0.3 is 0 Å². The lowest BCUT2D eigenvalue weighted by Gasteiger charge is -2.06. The Balaban J connectivity index is 2.31. The number of aromatic amines is 1. The molecule has 0 saturated carbocycles. The molecule has 0 saturated heterocycles. The molecule has 0 fully saturated rings. The molecule has 0 bridgehead atoms. The van der Waals surface area contributed by atoms with Crippen LogP contribution in [0.5, 0.6) is 5.75 Å². The second-order valence-electron chi connectivity index (χ2n) is 4.01. The SMILES string of the molecule is COc1ccc(Cc2cc(C)n[nH]c2=O)cc1Br. The second-order valence-corrected chi connectivity index (χ2v) is 4.86. The fraction of sp³-hybridized carbons (Fsp3) is 0.231. The first-order chi connectivity index (χ1) is 8.60. The minimum atomic E-state index is -0.146. The van der Waals surface area contributed by atoms with Crippen LogP contribution in [0.3, 0.4) is 0 Å². The van der Waals surface area contributed by atoms with E-state index in [2.05, 4.69) is 26.1 Å². The van der Waals surface area contributed by atoms with Crippen LogP contribution in [0.15, 0.2) is 33.5 Å². The Morgan fingerprint density at radius 3 is 2.83 bits per heavy atom. The van der Waals surface area contributed by atoms with E-state index in [1.807, 2.05) is 25.1 Å². The number of hydrogen-bond donors (Lipinski definition) is 1. The number of hydrogen-bond acceptors (Lipinski definition) is 3. The first-order valence-electron chi connectivity index (χ1n) is 5.48. The zero-order chi connectivity index (χ0) is 13.1. The number of rotatable bonds is 3. The number of aromatic nitrogens is 2. The molecule has 0 aliphatic carbocycles.